The molecule has 1 saturated heterocycles. The summed E-state index contributed by atoms with van der Waals surface area (Å²) in [4.78, 5) is 20.8. The third-order valence-corrected chi connectivity index (χ3v) is 1.03. The van der Waals surface area contributed by atoms with Crippen molar-refractivity contribution in [3.8, 4) is 0 Å². The van der Waals surface area contributed by atoms with Crippen molar-refractivity contribution in [1.29, 1.82) is 0 Å². The number of thiocarbonyl (C=S) groups is 1. The second kappa shape index (κ2) is 3.82. The summed E-state index contributed by atoms with van der Waals surface area (Å²) in [6, 6.07) is 0. The normalized spacial score (nSPS) is 17.0. The molecule has 0 bridgehead atoms. The van der Waals surface area contributed by atoms with E-state index in [9.17, 15) is 9.59 Å². The molecule has 1 rings (SSSR count). The Bertz CT molecular complexity index is 148. The summed E-state index contributed by atoms with van der Waals surface area (Å²) in [5, 5.41) is 4.63. The fourth-order valence-corrected chi connectivity index (χ4v) is 0.746. The quantitative estimate of drug-likeness (QED) is 0.334. The van der Waals surface area contributed by atoms with Crippen molar-refractivity contribution >= 4 is 29.1 Å². The zero-order valence-corrected chi connectivity index (χ0v) is 7.72. The molecule has 1 heterocycles. The minimum Gasteiger partial charge on any atom is -0.302 e. The predicted octanol–water partition coefficient (Wildman–Crippen LogP) is -1.10. The van der Waals surface area contributed by atoms with Gasteiger partial charge in [0.25, 0.3) is 0 Å². The smallest absolute Gasteiger partial charge is 0.235 e. The molecule has 0 aliphatic carbocycles. The number of carbonyl (C=O) groups excluding carboxylic acids is 2. The fraction of sp³-hybridized carbons (Fsp3) is 0.250. The zero-order valence-electron chi connectivity index (χ0n) is 4.73. The first kappa shape index (κ1) is 9.77. The van der Waals surface area contributed by atoms with Gasteiger partial charge in [-0.15, -0.1) is 0 Å². The van der Waals surface area contributed by atoms with E-state index < -0.39 is 0 Å². The molecule has 0 aromatic heterocycles. The maximum Gasteiger partial charge on any atom is 0.235 e. The second-order valence-electron chi connectivity index (χ2n) is 1.60. The number of hydrogen-bond acceptors (Lipinski definition) is 3. The van der Waals surface area contributed by atoms with E-state index >= 15 is 0 Å². The number of rotatable bonds is 0. The Morgan fingerprint density at radius 2 is 1.60 bits per heavy atom. The molecule has 0 spiro atoms. The molecule has 0 aromatic carbocycles. The van der Waals surface area contributed by atoms with Gasteiger partial charge in [0.05, 0.1) is 0 Å². The summed E-state index contributed by atoms with van der Waals surface area (Å²) in [5.41, 5.74) is 0. The largest absolute Gasteiger partial charge is 0.302 e. The van der Waals surface area contributed by atoms with Crippen molar-refractivity contribution in [1.82, 2.24) is 10.6 Å². The predicted molar refractivity (Wildman–Crippen MR) is 33.5 cm³/mol. The van der Waals surface area contributed by atoms with Crippen LogP contribution < -0.4 is 10.6 Å². The van der Waals surface area contributed by atoms with E-state index in [1.807, 2.05) is 0 Å². The van der Waals surface area contributed by atoms with Gasteiger partial charge in [-0.3, -0.25) is 9.59 Å². The average molecular weight is 341 g/mol. The molecule has 1 aliphatic heterocycles. The van der Waals surface area contributed by atoms with Crippen molar-refractivity contribution < 1.29 is 32.0 Å². The second-order valence-corrected chi connectivity index (χ2v) is 2.01. The van der Waals surface area contributed by atoms with E-state index in [1.54, 1.807) is 0 Å². The summed E-state index contributed by atoms with van der Waals surface area (Å²) in [5.74, 6) is -0.687. The Labute approximate surface area is 78.2 Å². The third kappa shape index (κ3) is 2.57. The number of nitrogens with one attached hydrogen (secondary N) is 2. The first-order valence-electron chi connectivity index (χ1n) is 2.32. The van der Waals surface area contributed by atoms with E-state index in [0.717, 1.165) is 0 Å². The average Bonchev–Trinajstić information content (AvgIpc) is 1.59. The van der Waals surface area contributed by atoms with Gasteiger partial charge in [-0.1, -0.05) is 0 Å². The van der Waals surface area contributed by atoms with Crippen molar-refractivity contribution in [3.05, 3.63) is 0 Å². The minimum atomic E-state index is -0.344. The molecule has 0 unspecified atom stereocenters. The first-order valence-corrected chi connectivity index (χ1v) is 2.73. The molecule has 2 N–H and O–H groups in total. The molecule has 0 atom stereocenters. The van der Waals surface area contributed by atoms with Gasteiger partial charge in [0, 0.05) is 22.4 Å². The summed E-state index contributed by atoms with van der Waals surface area (Å²) in [7, 11) is 0. The van der Waals surface area contributed by atoms with Crippen molar-refractivity contribution in [3.63, 3.8) is 0 Å². The van der Waals surface area contributed by atoms with Gasteiger partial charge in [-0.2, -0.15) is 0 Å². The van der Waals surface area contributed by atoms with Crippen LogP contribution in [0, 0.1) is 0 Å². The third-order valence-electron chi connectivity index (χ3n) is 0.827. The topological polar surface area (TPSA) is 58.2 Å². The molecule has 6 heteroatoms. The number of carbonyl (C=O) groups is 2. The van der Waals surface area contributed by atoms with Gasteiger partial charge >= 0.3 is 0 Å². The van der Waals surface area contributed by atoms with Gasteiger partial charge in [0.2, 0.25) is 11.8 Å². The molecule has 1 radical (unpaired) electrons. The first-order chi connectivity index (χ1) is 4.18. The summed E-state index contributed by atoms with van der Waals surface area (Å²) >= 11 is 4.50. The van der Waals surface area contributed by atoms with Crippen LogP contribution in [0.15, 0.2) is 0 Å². The van der Waals surface area contributed by atoms with Gasteiger partial charge in [0.1, 0.15) is 6.42 Å². The zero-order chi connectivity index (χ0) is 6.85. The minimum absolute atomic E-state index is 0. The van der Waals surface area contributed by atoms with Crippen LogP contribution >= 0.6 is 12.2 Å². The fourth-order valence-electron chi connectivity index (χ4n) is 0.519. The van der Waals surface area contributed by atoms with Crippen LogP contribution in [-0.4, -0.2) is 16.9 Å². The van der Waals surface area contributed by atoms with Crippen LogP contribution in [0.5, 0.6) is 0 Å². The van der Waals surface area contributed by atoms with Gasteiger partial charge in [0.15, 0.2) is 5.11 Å². The monoisotopic (exact) mass is 341 g/mol. The van der Waals surface area contributed by atoms with E-state index in [1.165, 1.54) is 0 Å². The molecule has 0 aromatic rings. The molecular formula is C4H4AuN2O2S. The van der Waals surface area contributed by atoms with Crippen LogP contribution in [-0.2, 0) is 32.0 Å². The van der Waals surface area contributed by atoms with Crippen molar-refractivity contribution in [2.45, 2.75) is 6.42 Å². The van der Waals surface area contributed by atoms with Gasteiger partial charge in [-0.05, 0) is 12.2 Å². The molecular weight excluding hydrogens is 337 g/mol. The van der Waals surface area contributed by atoms with E-state index in [2.05, 4.69) is 22.9 Å². The maximum atomic E-state index is 10.4. The van der Waals surface area contributed by atoms with Gasteiger partial charge in [-0.25, -0.2) is 0 Å². The van der Waals surface area contributed by atoms with Crippen LogP contribution in [0.25, 0.3) is 0 Å². The molecule has 2 amide bonds. The Kier molecular flexibility index (Phi) is 3.73. The van der Waals surface area contributed by atoms with E-state index in [-0.39, 0.29) is 45.7 Å². The van der Waals surface area contributed by atoms with Gasteiger partial charge < -0.3 is 10.6 Å². The number of hydrogen-bond donors (Lipinski definition) is 2. The molecule has 1 aliphatic rings. The summed E-state index contributed by atoms with van der Waals surface area (Å²) in [6.07, 6.45) is -0.125. The van der Waals surface area contributed by atoms with Crippen LogP contribution in [0.2, 0.25) is 0 Å². The standard InChI is InChI=1S/C4H4N2O2S.Au/c7-2-1-3(8)6-4(9)5-2;/h1H2,(H2,5,6,7,8,9);. The number of amides is 2. The Morgan fingerprint density at radius 1 is 1.20 bits per heavy atom. The molecule has 59 valence electrons. The van der Waals surface area contributed by atoms with Crippen LogP contribution in [0.4, 0.5) is 0 Å². The van der Waals surface area contributed by atoms with E-state index in [4.69, 9.17) is 0 Å². The Hall–Kier alpha value is -0.230. The van der Waals surface area contributed by atoms with Crippen LogP contribution in [0.1, 0.15) is 6.42 Å². The van der Waals surface area contributed by atoms with Crippen LogP contribution in [0.3, 0.4) is 0 Å². The maximum absolute atomic E-state index is 10.4. The van der Waals surface area contributed by atoms with Crippen molar-refractivity contribution in [2.24, 2.45) is 0 Å². The molecule has 1 fully saturated rings. The Balaban J connectivity index is 0.000000810. The molecule has 0 saturated carbocycles. The summed E-state index contributed by atoms with van der Waals surface area (Å²) in [6.45, 7) is 0. The Morgan fingerprint density at radius 3 is 1.90 bits per heavy atom. The summed E-state index contributed by atoms with van der Waals surface area (Å²) < 4.78 is 0. The van der Waals surface area contributed by atoms with E-state index in [0.29, 0.717) is 0 Å². The molecule has 4 nitrogen and oxygen atoms in total. The SMILES string of the molecule is O=C1CC(=O)NC(=S)N1.[Au]. The van der Waals surface area contributed by atoms with Crippen molar-refractivity contribution in [2.75, 3.05) is 0 Å². The molecule has 10 heavy (non-hydrogen) atoms.